The van der Waals surface area contributed by atoms with Crippen molar-refractivity contribution in [1.82, 2.24) is 0 Å². The molecule has 2 unspecified atom stereocenters. The first-order chi connectivity index (χ1) is 10.2. The van der Waals surface area contributed by atoms with Gasteiger partial charge in [0.15, 0.2) is 5.78 Å². The van der Waals surface area contributed by atoms with Crippen molar-refractivity contribution in [3.05, 3.63) is 48.0 Å². The second-order valence-corrected chi connectivity index (χ2v) is 8.20. The third-order valence-electron chi connectivity index (χ3n) is 4.99. The van der Waals surface area contributed by atoms with Crippen LogP contribution >= 0.6 is 0 Å². The van der Waals surface area contributed by atoms with Crippen molar-refractivity contribution in [2.75, 3.05) is 0 Å². The van der Waals surface area contributed by atoms with Crippen LogP contribution < -0.4 is 0 Å². The summed E-state index contributed by atoms with van der Waals surface area (Å²) in [5.74, 6) is 0.311. The molecule has 2 saturated heterocycles. The number of hydrogen-bond acceptors (Lipinski definition) is 2. The van der Waals surface area contributed by atoms with E-state index in [4.69, 9.17) is 0 Å². The molecule has 2 heterocycles. The summed E-state index contributed by atoms with van der Waals surface area (Å²) in [6, 6.07) is 14.0. The third kappa shape index (κ3) is 2.15. The van der Waals surface area contributed by atoms with Gasteiger partial charge in [0.1, 0.15) is 0 Å². The molecule has 0 N–H and O–H groups in total. The summed E-state index contributed by atoms with van der Waals surface area (Å²) in [5.41, 5.74) is 0.838. The van der Waals surface area contributed by atoms with Gasteiger partial charge in [0.05, 0.1) is 0 Å². The van der Waals surface area contributed by atoms with Crippen LogP contribution in [0.5, 0.6) is 0 Å². The SMILES string of the molecule is O=C(c1cccc2ccccc12)C1CC2CCC(C1)S2=O. The van der Waals surface area contributed by atoms with Crippen LogP contribution in [0.1, 0.15) is 36.0 Å². The van der Waals surface area contributed by atoms with Gasteiger partial charge in [-0.2, -0.15) is 0 Å². The highest BCUT2D eigenvalue weighted by Gasteiger charge is 2.42. The van der Waals surface area contributed by atoms with Gasteiger partial charge in [0, 0.05) is 32.8 Å². The smallest absolute Gasteiger partial charge is 0.166 e. The first kappa shape index (κ1) is 13.2. The molecular weight excluding hydrogens is 280 g/mol. The van der Waals surface area contributed by atoms with E-state index in [1.807, 2.05) is 42.5 Å². The Kier molecular flexibility index (Phi) is 3.18. The van der Waals surface area contributed by atoms with E-state index >= 15 is 0 Å². The zero-order valence-corrected chi connectivity index (χ0v) is 12.6. The van der Waals surface area contributed by atoms with Crippen LogP contribution in [-0.2, 0) is 10.8 Å². The molecule has 0 amide bonds. The molecule has 3 heteroatoms. The zero-order chi connectivity index (χ0) is 14.4. The topological polar surface area (TPSA) is 34.1 Å². The molecule has 0 saturated carbocycles. The van der Waals surface area contributed by atoms with Gasteiger partial charge in [-0.15, -0.1) is 0 Å². The quantitative estimate of drug-likeness (QED) is 0.792. The van der Waals surface area contributed by atoms with E-state index in [1.54, 1.807) is 0 Å². The number of carbonyl (C=O) groups excluding carboxylic acids is 1. The minimum atomic E-state index is -0.692. The molecule has 2 fully saturated rings. The summed E-state index contributed by atoms with van der Waals surface area (Å²) in [4.78, 5) is 12.9. The molecular formula is C18H18O2S. The van der Waals surface area contributed by atoms with Crippen LogP contribution in [-0.4, -0.2) is 20.5 Å². The Balaban J connectivity index is 1.70. The van der Waals surface area contributed by atoms with Crippen LogP contribution in [0.25, 0.3) is 10.8 Å². The molecule has 108 valence electrons. The maximum atomic E-state index is 12.9. The fourth-order valence-electron chi connectivity index (χ4n) is 3.91. The van der Waals surface area contributed by atoms with E-state index in [2.05, 4.69) is 0 Å². The summed E-state index contributed by atoms with van der Waals surface area (Å²) >= 11 is 0. The van der Waals surface area contributed by atoms with Crippen LogP contribution in [0.4, 0.5) is 0 Å². The van der Waals surface area contributed by atoms with Crippen LogP contribution in [0.3, 0.4) is 0 Å². The van der Waals surface area contributed by atoms with Gasteiger partial charge >= 0.3 is 0 Å². The number of rotatable bonds is 2. The number of hydrogen-bond donors (Lipinski definition) is 0. The average molecular weight is 298 g/mol. The summed E-state index contributed by atoms with van der Waals surface area (Å²) in [5, 5.41) is 2.68. The van der Waals surface area contributed by atoms with Crippen molar-refractivity contribution in [1.29, 1.82) is 0 Å². The lowest BCUT2D eigenvalue weighted by Crippen LogP contribution is -2.32. The molecule has 2 bridgehead atoms. The molecule has 0 spiro atoms. The number of Topliss-reactive ketones (excluding diaryl/α,β-unsaturated/α-hetero) is 1. The van der Waals surface area contributed by atoms with Crippen molar-refractivity contribution in [2.24, 2.45) is 5.92 Å². The van der Waals surface area contributed by atoms with Crippen LogP contribution in [0.15, 0.2) is 42.5 Å². The molecule has 2 aromatic carbocycles. The van der Waals surface area contributed by atoms with Crippen molar-refractivity contribution in [3.8, 4) is 0 Å². The summed E-state index contributed by atoms with van der Waals surface area (Å²) in [6.45, 7) is 0. The monoisotopic (exact) mass is 298 g/mol. The van der Waals surface area contributed by atoms with E-state index in [-0.39, 0.29) is 22.2 Å². The molecule has 2 atom stereocenters. The maximum absolute atomic E-state index is 12.9. The average Bonchev–Trinajstić information content (AvgIpc) is 2.75. The Morgan fingerprint density at radius 2 is 1.62 bits per heavy atom. The van der Waals surface area contributed by atoms with Crippen molar-refractivity contribution >= 4 is 27.4 Å². The Morgan fingerprint density at radius 1 is 0.952 bits per heavy atom. The van der Waals surface area contributed by atoms with E-state index in [0.29, 0.717) is 0 Å². The number of carbonyl (C=O) groups is 1. The number of benzene rings is 2. The molecule has 2 nitrogen and oxygen atoms in total. The van der Waals surface area contributed by atoms with Gasteiger partial charge < -0.3 is 0 Å². The lowest BCUT2D eigenvalue weighted by molar-refractivity contribution is 0.0908. The van der Waals surface area contributed by atoms with Gasteiger partial charge in [-0.25, -0.2) is 0 Å². The van der Waals surface area contributed by atoms with Gasteiger partial charge in [-0.05, 0) is 36.5 Å². The predicted molar refractivity (Wildman–Crippen MR) is 86.0 cm³/mol. The molecule has 4 rings (SSSR count). The van der Waals surface area contributed by atoms with E-state index < -0.39 is 10.8 Å². The van der Waals surface area contributed by atoms with Gasteiger partial charge in [-0.1, -0.05) is 42.5 Å². The highest BCUT2D eigenvalue weighted by atomic mass is 32.2. The predicted octanol–water partition coefficient (Wildman–Crippen LogP) is 3.71. The second kappa shape index (κ2) is 5.06. The second-order valence-electron chi connectivity index (χ2n) is 6.21. The van der Waals surface area contributed by atoms with Gasteiger partial charge in [0.25, 0.3) is 0 Å². The molecule has 2 aromatic rings. The molecule has 21 heavy (non-hydrogen) atoms. The minimum Gasteiger partial charge on any atom is -0.294 e. The van der Waals surface area contributed by atoms with Crippen LogP contribution in [0, 0.1) is 5.92 Å². The molecule has 2 aliphatic heterocycles. The summed E-state index contributed by atoms with van der Waals surface area (Å²) in [7, 11) is -0.692. The first-order valence-corrected chi connectivity index (χ1v) is 8.93. The highest BCUT2D eigenvalue weighted by molar-refractivity contribution is 7.86. The van der Waals surface area contributed by atoms with Gasteiger partial charge in [-0.3, -0.25) is 9.00 Å². The Morgan fingerprint density at radius 3 is 2.38 bits per heavy atom. The Bertz CT molecular complexity index is 716. The van der Waals surface area contributed by atoms with Gasteiger partial charge in [0.2, 0.25) is 0 Å². The Hall–Kier alpha value is -1.48. The molecule has 2 aliphatic rings. The van der Waals surface area contributed by atoms with Crippen LogP contribution in [0.2, 0.25) is 0 Å². The molecule has 0 radical (unpaired) electrons. The minimum absolute atomic E-state index is 0.0611. The number of ketones is 1. The first-order valence-electron chi connectivity index (χ1n) is 7.65. The van der Waals surface area contributed by atoms with E-state index in [0.717, 1.165) is 42.0 Å². The standard InChI is InChI=1S/C18H18O2S/c19-18(13-10-14-8-9-15(11-13)21(14)20)17-7-3-5-12-4-1-2-6-16(12)17/h1-7,13-15H,8-11H2. The summed E-state index contributed by atoms with van der Waals surface area (Å²) < 4.78 is 12.1. The fraction of sp³-hybridized carbons (Fsp3) is 0.389. The zero-order valence-electron chi connectivity index (χ0n) is 11.8. The fourth-order valence-corrected chi connectivity index (χ4v) is 6.03. The van der Waals surface area contributed by atoms with Crippen molar-refractivity contribution in [3.63, 3.8) is 0 Å². The maximum Gasteiger partial charge on any atom is 0.166 e. The normalized spacial score (nSPS) is 31.4. The largest absolute Gasteiger partial charge is 0.294 e. The number of fused-ring (bicyclic) bond motifs is 3. The van der Waals surface area contributed by atoms with Crippen molar-refractivity contribution < 1.29 is 9.00 Å². The Labute approximate surface area is 127 Å². The molecule has 0 aliphatic carbocycles. The third-order valence-corrected chi connectivity index (χ3v) is 7.16. The van der Waals surface area contributed by atoms with Crippen molar-refractivity contribution in [2.45, 2.75) is 36.2 Å². The highest BCUT2D eigenvalue weighted by Crippen LogP contribution is 2.40. The lowest BCUT2D eigenvalue weighted by atomic mass is 9.88. The van der Waals surface area contributed by atoms with E-state index in [1.165, 1.54) is 0 Å². The lowest BCUT2D eigenvalue weighted by Gasteiger charge is -2.26. The summed E-state index contributed by atoms with van der Waals surface area (Å²) in [6.07, 6.45) is 3.70. The molecule has 0 aromatic heterocycles. The van der Waals surface area contributed by atoms with E-state index in [9.17, 15) is 9.00 Å².